The molecule has 2 aromatic carbocycles. The van der Waals surface area contributed by atoms with Gasteiger partial charge in [0, 0.05) is 6.20 Å². The van der Waals surface area contributed by atoms with Crippen LogP contribution in [0.5, 0.6) is 11.6 Å². The molecule has 1 N–H and O–H groups in total. The zero-order valence-electron chi connectivity index (χ0n) is 14.4. The van der Waals surface area contributed by atoms with Crippen LogP contribution in [0.1, 0.15) is 5.56 Å². The number of rotatable bonds is 5. The van der Waals surface area contributed by atoms with E-state index in [1.54, 1.807) is 18.3 Å². The first-order valence-electron chi connectivity index (χ1n) is 8.45. The molecule has 0 aliphatic carbocycles. The largest absolute Gasteiger partial charge is 0.438 e. The third-order valence-electron chi connectivity index (χ3n) is 3.94. The van der Waals surface area contributed by atoms with Crippen LogP contribution >= 0.6 is 0 Å². The number of anilines is 1. The lowest BCUT2D eigenvalue weighted by Crippen LogP contribution is -2.15. The summed E-state index contributed by atoms with van der Waals surface area (Å²) in [6, 6.07) is 20.4. The topological polar surface area (TPSA) is 77.0 Å². The van der Waals surface area contributed by atoms with Crippen LogP contribution in [0.2, 0.25) is 0 Å². The fraction of sp³-hybridized carbons (Fsp3) is 0.0476. The molecule has 0 saturated carbocycles. The molecule has 2 aromatic heterocycles. The minimum Gasteiger partial charge on any atom is -0.438 e. The van der Waals surface area contributed by atoms with Gasteiger partial charge in [0.15, 0.2) is 0 Å². The molecule has 0 radical (unpaired) electrons. The number of carbonyl (C=O) groups excluding carboxylic acids is 1. The Bertz CT molecular complexity index is 1060. The average molecular weight is 356 g/mol. The van der Waals surface area contributed by atoms with Gasteiger partial charge in [-0.2, -0.15) is 0 Å². The van der Waals surface area contributed by atoms with Gasteiger partial charge >= 0.3 is 0 Å². The molecular formula is C21H16N4O2. The van der Waals surface area contributed by atoms with Crippen molar-refractivity contribution in [3.63, 3.8) is 0 Å². The van der Waals surface area contributed by atoms with Gasteiger partial charge in [0.1, 0.15) is 17.9 Å². The highest BCUT2D eigenvalue weighted by Crippen LogP contribution is 2.26. The molecule has 6 nitrogen and oxygen atoms in total. The molecule has 132 valence electrons. The van der Waals surface area contributed by atoms with E-state index < -0.39 is 0 Å². The predicted octanol–water partition coefficient (Wildman–Crippen LogP) is 4.00. The number of amides is 1. The quantitative estimate of drug-likeness (QED) is 0.585. The minimum atomic E-state index is -0.121. The van der Waals surface area contributed by atoms with Crippen LogP contribution in [0.25, 0.3) is 10.9 Å². The highest BCUT2D eigenvalue weighted by Gasteiger charge is 2.07. The number of ether oxygens (including phenoxy) is 1. The van der Waals surface area contributed by atoms with Crippen LogP contribution < -0.4 is 10.1 Å². The zero-order valence-corrected chi connectivity index (χ0v) is 14.4. The second kappa shape index (κ2) is 7.61. The fourth-order valence-corrected chi connectivity index (χ4v) is 2.66. The van der Waals surface area contributed by atoms with Crippen LogP contribution in [0.3, 0.4) is 0 Å². The number of hydrogen-bond donors (Lipinski definition) is 1. The van der Waals surface area contributed by atoms with Gasteiger partial charge in [-0.1, -0.05) is 30.3 Å². The van der Waals surface area contributed by atoms with E-state index in [1.807, 2.05) is 54.6 Å². The standard InChI is InChI=1S/C21H16N4O2/c26-20(25-19-7-3-4-12-22-19)13-15-8-10-16(11-9-15)27-21-17-5-1-2-6-18(17)23-14-24-21/h1-12,14H,13H2,(H,22,25,26). The first-order valence-corrected chi connectivity index (χ1v) is 8.45. The Morgan fingerprint density at radius 3 is 2.52 bits per heavy atom. The Labute approximate surface area is 155 Å². The van der Waals surface area contributed by atoms with Gasteiger partial charge in [0.05, 0.1) is 17.3 Å². The van der Waals surface area contributed by atoms with Crippen LogP contribution in [0.15, 0.2) is 79.3 Å². The number of nitrogens with zero attached hydrogens (tertiary/aromatic N) is 3. The van der Waals surface area contributed by atoms with Crippen LogP contribution in [0.4, 0.5) is 5.82 Å². The number of para-hydroxylation sites is 1. The van der Waals surface area contributed by atoms with Gasteiger partial charge in [0.2, 0.25) is 11.8 Å². The molecule has 1 amide bonds. The summed E-state index contributed by atoms with van der Waals surface area (Å²) in [5.74, 6) is 1.57. The summed E-state index contributed by atoms with van der Waals surface area (Å²) >= 11 is 0. The molecule has 27 heavy (non-hydrogen) atoms. The lowest BCUT2D eigenvalue weighted by Gasteiger charge is -2.08. The zero-order chi connectivity index (χ0) is 18.5. The van der Waals surface area contributed by atoms with E-state index in [0.29, 0.717) is 17.4 Å². The SMILES string of the molecule is O=C(Cc1ccc(Oc2ncnc3ccccc23)cc1)Nc1ccccn1. The summed E-state index contributed by atoms with van der Waals surface area (Å²) < 4.78 is 5.89. The summed E-state index contributed by atoms with van der Waals surface area (Å²) in [6.45, 7) is 0. The van der Waals surface area contributed by atoms with Gasteiger partial charge in [0.25, 0.3) is 0 Å². The highest BCUT2D eigenvalue weighted by atomic mass is 16.5. The Morgan fingerprint density at radius 2 is 1.70 bits per heavy atom. The second-order valence-electron chi connectivity index (χ2n) is 5.88. The second-order valence-corrected chi connectivity index (χ2v) is 5.88. The van der Waals surface area contributed by atoms with E-state index in [4.69, 9.17) is 4.74 Å². The number of fused-ring (bicyclic) bond motifs is 1. The van der Waals surface area contributed by atoms with E-state index in [2.05, 4.69) is 20.3 Å². The molecule has 0 spiro atoms. The van der Waals surface area contributed by atoms with Gasteiger partial charge in [-0.25, -0.2) is 15.0 Å². The van der Waals surface area contributed by atoms with Crippen LogP contribution in [-0.2, 0) is 11.2 Å². The van der Waals surface area contributed by atoms with Gasteiger partial charge < -0.3 is 10.1 Å². The maximum absolute atomic E-state index is 12.1. The van der Waals surface area contributed by atoms with Gasteiger partial charge in [-0.3, -0.25) is 4.79 Å². The van der Waals surface area contributed by atoms with E-state index in [9.17, 15) is 4.79 Å². The van der Waals surface area contributed by atoms with Crippen molar-refractivity contribution in [2.45, 2.75) is 6.42 Å². The molecule has 0 bridgehead atoms. The third-order valence-corrected chi connectivity index (χ3v) is 3.94. The maximum Gasteiger partial charge on any atom is 0.230 e. The predicted molar refractivity (Wildman–Crippen MR) is 103 cm³/mol. The molecule has 6 heteroatoms. The normalized spacial score (nSPS) is 10.5. The number of aromatic nitrogens is 3. The Hall–Kier alpha value is -3.80. The van der Waals surface area contributed by atoms with Crippen molar-refractivity contribution < 1.29 is 9.53 Å². The van der Waals surface area contributed by atoms with Crippen LogP contribution in [0, 0.1) is 0 Å². The summed E-state index contributed by atoms with van der Waals surface area (Å²) in [5.41, 5.74) is 1.70. The first-order chi connectivity index (χ1) is 13.3. The Kier molecular flexibility index (Phi) is 4.70. The molecule has 0 aliphatic heterocycles. The molecule has 0 aliphatic rings. The van der Waals surface area contributed by atoms with Crippen molar-refractivity contribution in [3.05, 3.63) is 84.8 Å². The molecular weight excluding hydrogens is 340 g/mol. The van der Waals surface area contributed by atoms with E-state index in [0.717, 1.165) is 16.5 Å². The van der Waals surface area contributed by atoms with E-state index in [-0.39, 0.29) is 12.3 Å². The van der Waals surface area contributed by atoms with Crippen LogP contribution in [-0.4, -0.2) is 20.9 Å². The van der Waals surface area contributed by atoms with Crippen molar-refractivity contribution in [2.24, 2.45) is 0 Å². The Morgan fingerprint density at radius 1 is 0.889 bits per heavy atom. The fourth-order valence-electron chi connectivity index (χ4n) is 2.66. The molecule has 4 aromatic rings. The molecule has 0 atom stereocenters. The molecule has 2 heterocycles. The van der Waals surface area contributed by atoms with Crippen molar-refractivity contribution in [3.8, 4) is 11.6 Å². The number of carbonyl (C=O) groups is 1. The number of hydrogen-bond acceptors (Lipinski definition) is 5. The van der Waals surface area contributed by atoms with Gasteiger partial charge in [-0.15, -0.1) is 0 Å². The van der Waals surface area contributed by atoms with Crippen molar-refractivity contribution in [1.29, 1.82) is 0 Å². The maximum atomic E-state index is 12.1. The summed E-state index contributed by atoms with van der Waals surface area (Å²) in [6.07, 6.45) is 3.37. The van der Waals surface area contributed by atoms with Crippen molar-refractivity contribution in [2.75, 3.05) is 5.32 Å². The van der Waals surface area contributed by atoms with Gasteiger partial charge in [-0.05, 0) is 42.0 Å². The summed E-state index contributed by atoms with van der Waals surface area (Å²) in [5, 5.41) is 3.61. The van der Waals surface area contributed by atoms with Crippen molar-refractivity contribution in [1.82, 2.24) is 15.0 Å². The van der Waals surface area contributed by atoms with E-state index in [1.165, 1.54) is 6.33 Å². The van der Waals surface area contributed by atoms with E-state index >= 15 is 0 Å². The average Bonchev–Trinajstić information content (AvgIpc) is 2.70. The highest BCUT2D eigenvalue weighted by molar-refractivity contribution is 5.91. The molecule has 4 rings (SSSR count). The molecule has 0 saturated heterocycles. The number of benzene rings is 2. The first kappa shape index (κ1) is 16.7. The monoisotopic (exact) mass is 356 g/mol. The lowest BCUT2D eigenvalue weighted by molar-refractivity contribution is -0.115. The lowest BCUT2D eigenvalue weighted by atomic mass is 10.1. The molecule has 0 unspecified atom stereocenters. The summed E-state index contributed by atoms with van der Waals surface area (Å²) in [7, 11) is 0. The third kappa shape index (κ3) is 4.07. The Balaban J connectivity index is 1.43. The minimum absolute atomic E-state index is 0.121. The summed E-state index contributed by atoms with van der Waals surface area (Å²) in [4.78, 5) is 24.6. The number of pyridine rings is 1. The van der Waals surface area contributed by atoms with Crippen molar-refractivity contribution >= 4 is 22.6 Å². The number of nitrogens with one attached hydrogen (secondary N) is 1. The molecule has 0 fully saturated rings. The smallest absolute Gasteiger partial charge is 0.230 e.